The van der Waals surface area contributed by atoms with Gasteiger partial charge in [-0.1, -0.05) is 31.2 Å². The lowest BCUT2D eigenvalue weighted by atomic mass is 10.0. The molecule has 0 amide bonds. The highest BCUT2D eigenvalue weighted by Gasteiger charge is 2.17. The fourth-order valence-corrected chi connectivity index (χ4v) is 2.74. The second-order valence-electron chi connectivity index (χ2n) is 5.36. The molecule has 0 bridgehead atoms. The molecule has 1 aliphatic rings. The minimum absolute atomic E-state index is 0.644. The molecule has 1 unspecified atom stereocenters. The van der Waals surface area contributed by atoms with Gasteiger partial charge in [-0.2, -0.15) is 0 Å². The minimum Gasteiger partial charge on any atom is -0.315 e. The summed E-state index contributed by atoms with van der Waals surface area (Å²) in [7, 11) is 0. The van der Waals surface area contributed by atoms with Crippen LogP contribution in [0.25, 0.3) is 0 Å². The summed E-state index contributed by atoms with van der Waals surface area (Å²) in [6.45, 7) is 9.22. The Morgan fingerprint density at radius 1 is 1.17 bits per heavy atom. The lowest BCUT2D eigenvalue weighted by Gasteiger charge is -2.27. The number of hydrogen-bond acceptors (Lipinski definition) is 2. The first-order valence-electron chi connectivity index (χ1n) is 7.32. The second kappa shape index (κ2) is 6.91. The summed E-state index contributed by atoms with van der Waals surface area (Å²) >= 11 is 0. The standard InChI is InChI=1S/C16H26N2/c1-3-10-17-13-14(2)18-11-8-15-6-4-5-7-16(15)9-12-18/h4-7,14,17H,3,8-13H2,1-2H3. The van der Waals surface area contributed by atoms with Crippen LogP contribution in [0, 0.1) is 0 Å². The molecule has 0 saturated carbocycles. The zero-order valence-corrected chi connectivity index (χ0v) is 11.8. The fraction of sp³-hybridized carbons (Fsp3) is 0.625. The van der Waals surface area contributed by atoms with Gasteiger partial charge in [-0.25, -0.2) is 0 Å². The molecule has 2 nitrogen and oxygen atoms in total. The Labute approximate surface area is 111 Å². The molecule has 1 aromatic rings. The fourth-order valence-electron chi connectivity index (χ4n) is 2.74. The van der Waals surface area contributed by atoms with E-state index in [4.69, 9.17) is 0 Å². The van der Waals surface area contributed by atoms with Crippen LogP contribution in [0.5, 0.6) is 0 Å². The van der Waals surface area contributed by atoms with Gasteiger partial charge in [0.15, 0.2) is 0 Å². The van der Waals surface area contributed by atoms with Crippen LogP contribution in [-0.2, 0) is 12.8 Å². The molecule has 0 radical (unpaired) electrons. The molecule has 18 heavy (non-hydrogen) atoms. The van der Waals surface area contributed by atoms with Crippen LogP contribution in [0.15, 0.2) is 24.3 Å². The number of hydrogen-bond donors (Lipinski definition) is 1. The molecule has 0 aliphatic carbocycles. The van der Waals surface area contributed by atoms with Gasteiger partial charge in [-0.15, -0.1) is 0 Å². The van der Waals surface area contributed by atoms with E-state index in [1.165, 1.54) is 32.4 Å². The summed E-state index contributed by atoms with van der Waals surface area (Å²) in [6.07, 6.45) is 3.63. The van der Waals surface area contributed by atoms with Crippen molar-refractivity contribution in [3.63, 3.8) is 0 Å². The van der Waals surface area contributed by atoms with Crippen molar-refractivity contribution in [3.8, 4) is 0 Å². The van der Waals surface area contributed by atoms with Crippen LogP contribution >= 0.6 is 0 Å². The molecule has 0 saturated heterocycles. The molecule has 1 aliphatic heterocycles. The Kier molecular flexibility index (Phi) is 5.21. The Bertz CT molecular complexity index is 335. The van der Waals surface area contributed by atoms with E-state index < -0.39 is 0 Å². The van der Waals surface area contributed by atoms with Gasteiger partial charge in [0.25, 0.3) is 0 Å². The summed E-state index contributed by atoms with van der Waals surface area (Å²) in [4.78, 5) is 2.63. The monoisotopic (exact) mass is 246 g/mol. The van der Waals surface area contributed by atoms with E-state index in [-0.39, 0.29) is 0 Å². The highest BCUT2D eigenvalue weighted by atomic mass is 15.2. The van der Waals surface area contributed by atoms with Gasteiger partial charge < -0.3 is 5.32 Å². The third-order valence-corrected chi connectivity index (χ3v) is 3.94. The molecule has 100 valence electrons. The highest BCUT2D eigenvalue weighted by molar-refractivity contribution is 5.28. The van der Waals surface area contributed by atoms with Crippen molar-refractivity contribution < 1.29 is 0 Å². The maximum Gasteiger partial charge on any atom is 0.0192 e. The predicted molar refractivity (Wildman–Crippen MR) is 78.0 cm³/mol. The van der Waals surface area contributed by atoms with E-state index in [1.54, 1.807) is 11.1 Å². The van der Waals surface area contributed by atoms with E-state index in [0.29, 0.717) is 6.04 Å². The van der Waals surface area contributed by atoms with E-state index in [1.807, 2.05) is 0 Å². The predicted octanol–water partition coefficient (Wildman–Crippen LogP) is 2.48. The van der Waals surface area contributed by atoms with Crippen molar-refractivity contribution in [2.45, 2.75) is 39.2 Å². The summed E-state index contributed by atoms with van der Waals surface area (Å²) in [6, 6.07) is 9.56. The number of fused-ring (bicyclic) bond motifs is 1. The van der Waals surface area contributed by atoms with Crippen LogP contribution in [-0.4, -0.2) is 37.1 Å². The number of nitrogens with one attached hydrogen (secondary N) is 1. The lowest BCUT2D eigenvalue weighted by molar-refractivity contribution is 0.214. The third kappa shape index (κ3) is 3.56. The Morgan fingerprint density at radius 2 is 1.78 bits per heavy atom. The normalized spacial score (nSPS) is 18.1. The first-order chi connectivity index (χ1) is 8.81. The molecule has 1 atom stereocenters. The van der Waals surface area contributed by atoms with E-state index in [0.717, 1.165) is 13.1 Å². The van der Waals surface area contributed by atoms with Crippen molar-refractivity contribution in [3.05, 3.63) is 35.4 Å². The molecular formula is C16H26N2. The molecule has 0 aromatic heterocycles. The van der Waals surface area contributed by atoms with Gasteiger partial charge in [0, 0.05) is 25.7 Å². The maximum absolute atomic E-state index is 3.53. The maximum atomic E-state index is 3.53. The second-order valence-corrected chi connectivity index (χ2v) is 5.36. The molecule has 2 heteroatoms. The highest BCUT2D eigenvalue weighted by Crippen LogP contribution is 2.16. The minimum atomic E-state index is 0.644. The molecule has 1 heterocycles. The van der Waals surface area contributed by atoms with Crippen LogP contribution in [0.3, 0.4) is 0 Å². The van der Waals surface area contributed by atoms with Crippen LogP contribution in [0.1, 0.15) is 31.4 Å². The smallest absolute Gasteiger partial charge is 0.0192 e. The molecule has 0 spiro atoms. The summed E-state index contributed by atoms with van der Waals surface area (Å²) in [5, 5.41) is 3.53. The van der Waals surface area contributed by atoms with Crippen LogP contribution in [0.4, 0.5) is 0 Å². The SMILES string of the molecule is CCCNCC(C)N1CCc2ccccc2CC1. The summed E-state index contributed by atoms with van der Waals surface area (Å²) < 4.78 is 0. The van der Waals surface area contributed by atoms with Gasteiger partial charge in [0.2, 0.25) is 0 Å². The zero-order chi connectivity index (χ0) is 12.8. The van der Waals surface area contributed by atoms with Crippen molar-refractivity contribution in [2.24, 2.45) is 0 Å². The topological polar surface area (TPSA) is 15.3 Å². The van der Waals surface area contributed by atoms with Gasteiger partial charge >= 0.3 is 0 Å². The lowest BCUT2D eigenvalue weighted by Crippen LogP contribution is -2.41. The molecule has 0 fully saturated rings. The zero-order valence-electron chi connectivity index (χ0n) is 11.8. The number of benzene rings is 1. The van der Waals surface area contributed by atoms with Crippen molar-refractivity contribution in [1.29, 1.82) is 0 Å². The Hall–Kier alpha value is -0.860. The Morgan fingerprint density at radius 3 is 2.33 bits per heavy atom. The van der Waals surface area contributed by atoms with Crippen molar-refractivity contribution >= 4 is 0 Å². The number of nitrogens with zero attached hydrogens (tertiary/aromatic N) is 1. The summed E-state index contributed by atoms with van der Waals surface area (Å²) in [5.41, 5.74) is 3.10. The molecule has 2 rings (SSSR count). The Balaban J connectivity index is 1.87. The van der Waals surface area contributed by atoms with Gasteiger partial charge in [0.1, 0.15) is 0 Å². The van der Waals surface area contributed by atoms with Gasteiger partial charge in [0.05, 0.1) is 0 Å². The van der Waals surface area contributed by atoms with Crippen molar-refractivity contribution in [1.82, 2.24) is 10.2 Å². The van der Waals surface area contributed by atoms with Crippen LogP contribution in [0.2, 0.25) is 0 Å². The molecule has 1 N–H and O–H groups in total. The van der Waals surface area contributed by atoms with Gasteiger partial charge in [-0.3, -0.25) is 4.90 Å². The van der Waals surface area contributed by atoms with E-state index in [2.05, 4.69) is 48.3 Å². The largest absolute Gasteiger partial charge is 0.315 e. The number of rotatable bonds is 5. The summed E-state index contributed by atoms with van der Waals surface area (Å²) in [5.74, 6) is 0. The first-order valence-corrected chi connectivity index (χ1v) is 7.32. The van der Waals surface area contributed by atoms with E-state index in [9.17, 15) is 0 Å². The quantitative estimate of drug-likeness (QED) is 0.803. The first kappa shape index (κ1) is 13.6. The van der Waals surface area contributed by atoms with Crippen LogP contribution < -0.4 is 5.32 Å². The molecular weight excluding hydrogens is 220 g/mol. The van der Waals surface area contributed by atoms with E-state index >= 15 is 0 Å². The third-order valence-electron chi connectivity index (χ3n) is 3.94. The molecule has 1 aromatic carbocycles. The van der Waals surface area contributed by atoms with Gasteiger partial charge in [-0.05, 0) is 43.9 Å². The van der Waals surface area contributed by atoms with Crippen molar-refractivity contribution in [2.75, 3.05) is 26.2 Å². The average molecular weight is 246 g/mol. The average Bonchev–Trinajstić information content (AvgIpc) is 2.61.